The number of nitrogens with one attached hydrogen (secondary N) is 1. The topological polar surface area (TPSA) is 18.5 Å². The van der Waals surface area contributed by atoms with Crippen molar-refractivity contribution in [2.75, 3.05) is 39.3 Å². The number of nitrogens with zero attached hydrogens (tertiary/aromatic N) is 2. The second kappa shape index (κ2) is 5.01. The molecule has 3 aliphatic rings. The predicted molar refractivity (Wildman–Crippen MR) is 80.5 cm³/mol. The maximum absolute atomic E-state index is 3.71. The van der Waals surface area contributed by atoms with E-state index in [0.29, 0.717) is 11.1 Å². The lowest BCUT2D eigenvalue weighted by Gasteiger charge is -2.43. The van der Waals surface area contributed by atoms with Crippen LogP contribution < -0.4 is 5.32 Å². The fourth-order valence-corrected chi connectivity index (χ4v) is 3.84. The minimum absolute atomic E-state index is 0.359. The van der Waals surface area contributed by atoms with Crippen molar-refractivity contribution in [1.29, 1.82) is 0 Å². The molecule has 19 heavy (non-hydrogen) atoms. The lowest BCUT2D eigenvalue weighted by molar-refractivity contribution is 0.0680. The van der Waals surface area contributed by atoms with Crippen LogP contribution in [-0.4, -0.2) is 60.1 Å². The van der Waals surface area contributed by atoms with Gasteiger partial charge < -0.3 is 5.32 Å². The van der Waals surface area contributed by atoms with Crippen LogP contribution in [-0.2, 0) is 0 Å². The van der Waals surface area contributed by atoms with Gasteiger partial charge in [-0.05, 0) is 65.5 Å². The molecule has 1 N–H and O–H groups in total. The van der Waals surface area contributed by atoms with Crippen LogP contribution in [0.4, 0.5) is 0 Å². The average Bonchev–Trinajstić information content (AvgIpc) is 3.08. The third-order valence-corrected chi connectivity index (χ3v) is 5.39. The van der Waals surface area contributed by atoms with Crippen LogP contribution in [0.1, 0.15) is 46.5 Å². The maximum atomic E-state index is 3.71. The van der Waals surface area contributed by atoms with E-state index in [1.165, 1.54) is 65.0 Å². The molecule has 1 spiro atoms. The molecule has 3 heteroatoms. The molecule has 1 aliphatic carbocycles. The second-order valence-electron chi connectivity index (χ2n) is 8.04. The lowest BCUT2D eigenvalue weighted by atomic mass is 9.92. The second-order valence-corrected chi connectivity index (χ2v) is 8.04. The Morgan fingerprint density at radius 1 is 1.11 bits per heavy atom. The van der Waals surface area contributed by atoms with Crippen molar-refractivity contribution in [3.63, 3.8) is 0 Å². The zero-order chi connectivity index (χ0) is 13.5. The maximum Gasteiger partial charge on any atom is 0.0310 e. The Morgan fingerprint density at radius 3 is 2.37 bits per heavy atom. The Labute approximate surface area is 118 Å². The summed E-state index contributed by atoms with van der Waals surface area (Å²) >= 11 is 0. The molecule has 0 bridgehead atoms. The SMILES string of the molecule is CC(C)(C)N1CCC(CN2CCNC3(CC3)C2)CC1. The first kappa shape index (κ1) is 13.8. The minimum atomic E-state index is 0.359. The summed E-state index contributed by atoms with van der Waals surface area (Å²) in [6.07, 6.45) is 5.61. The first-order chi connectivity index (χ1) is 8.97. The molecule has 3 rings (SSSR count). The fraction of sp³-hybridized carbons (Fsp3) is 1.00. The number of piperidine rings is 1. The number of rotatable bonds is 2. The van der Waals surface area contributed by atoms with E-state index in [1.807, 2.05) is 0 Å². The summed E-state index contributed by atoms with van der Waals surface area (Å²) in [4.78, 5) is 5.39. The molecule has 0 aromatic heterocycles. The summed E-state index contributed by atoms with van der Waals surface area (Å²) in [6.45, 7) is 14.8. The highest BCUT2D eigenvalue weighted by Crippen LogP contribution is 2.38. The fourth-order valence-electron chi connectivity index (χ4n) is 3.84. The molecule has 2 heterocycles. The molecule has 0 radical (unpaired) electrons. The van der Waals surface area contributed by atoms with Gasteiger partial charge in [-0.25, -0.2) is 0 Å². The molecule has 0 aromatic carbocycles. The number of likely N-dealkylation sites (tertiary alicyclic amines) is 1. The Bertz CT molecular complexity index is 308. The Kier molecular flexibility index (Phi) is 3.65. The summed E-state index contributed by atoms with van der Waals surface area (Å²) in [7, 11) is 0. The minimum Gasteiger partial charge on any atom is -0.309 e. The highest BCUT2D eigenvalue weighted by molar-refractivity contribution is 5.06. The van der Waals surface area contributed by atoms with Crippen LogP contribution >= 0.6 is 0 Å². The van der Waals surface area contributed by atoms with Gasteiger partial charge in [-0.15, -0.1) is 0 Å². The molecule has 0 amide bonds. The largest absolute Gasteiger partial charge is 0.309 e. The van der Waals surface area contributed by atoms with E-state index in [-0.39, 0.29) is 0 Å². The van der Waals surface area contributed by atoms with Crippen molar-refractivity contribution in [1.82, 2.24) is 15.1 Å². The van der Waals surface area contributed by atoms with Crippen LogP contribution in [0.15, 0.2) is 0 Å². The summed E-state index contributed by atoms with van der Waals surface area (Å²) in [5, 5.41) is 3.71. The molecule has 2 aliphatic heterocycles. The van der Waals surface area contributed by atoms with Gasteiger partial charge in [0.05, 0.1) is 0 Å². The highest BCUT2D eigenvalue weighted by Gasteiger charge is 2.45. The monoisotopic (exact) mass is 265 g/mol. The number of hydrogen-bond donors (Lipinski definition) is 1. The molecule has 0 atom stereocenters. The molecular weight excluding hydrogens is 234 g/mol. The molecule has 1 saturated carbocycles. The van der Waals surface area contributed by atoms with E-state index in [0.717, 1.165) is 5.92 Å². The molecule has 0 unspecified atom stereocenters. The van der Waals surface area contributed by atoms with Crippen molar-refractivity contribution in [2.24, 2.45) is 5.92 Å². The smallest absolute Gasteiger partial charge is 0.0310 e. The molecule has 110 valence electrons. The van der Waals surface area contributed by atoms with Gasteiger partial charge in [-0.2, -0.15) is 0 Å². The Morgan fingerprint density at radius 2 is 1.79 bits per heavy atom. The van der Waals surface area contributed by atoms with E-state index in [1.54, 1.807) is 0 Å². The van der Waals surface area contributed by atoms with Crippen molar-refractivity contribution in [3.8, 4) is 0 Å². The molecule has 3 fully saturated rings. The quantitative estimate of drug-likeness (QED) is 0.823. The van der Waals surface area contributed by atoms with Gasteiger partial charge in [-0.3, -0.25) is 9.80 Å². The van der Waals surface area contributed by atoms with Gasteiger partial charge >= 0.3 is 0 Å². The molecular formula is C16H31N3. The van der Waals surface area contributed by atoms with Crippen molar-refractivity contribution in [3.05, 3.63) is 0 Å². The Balaban J connectivity index is 1.44. The summed E-state index contributed by atoms with van der Waals surface area (Å²) in [5.41, 5.74) is 0.905. The van der Waals surface area contributed by atoms with E-state index >= 15 is 0 Å². The standard InChI is InChI=1S/C16H31N3/c1-15(2,3)19-9-4-14(5-10-19)12-18-11-8-17-16(13-18)6-7-16/h14,17H,4-13H2,1-3H3. The summed E-state index contributed by atoms with van der Waals surface area (Å²) in [6, 6.07) is 0. The van der Waals surface area contributed by atoms with Gasteiger partial charge in [0, 0.05) is 37.3 Å². The van der Waals surface area contributed by atoms with E-state index < -0.39 is 0 Å². The highest BCUT2D eigenvalue weighted by atomic mass is 15.2. The van der Waals surface area contributed by atoms with Gasteiger partial charge in [0.15, 0.2) is 0 Å². The molecule has 3 nitrogen and oxygen atoms in total. The zero-order valence-electron chi connectivity index (χ0n) is 13.0. The van der Waals surface area contributed by atoms with Crippen LogP contribution in [0.25, 0.3) is 0 Å². The number of piperazine rings is 1. The van der Waals surface area contributed by atoms with E-state index in [9.17, 15) is 0 Å². The zero-order valence-corrected chi connectivity index (χ0v) is 13.0. The van der Waals surface area contributed by atoms with Gasteiger partial charge in [0.2, 0.25) is 0 Å². The normalized spacial score (nSPS) is 29.8. The number of hydrogen-bond acceptors (Lipinski definition) is 3. The van der Waals surface area contributed by atoms with Gasteiger partial charge in [0.1, 0.15) is 0 Å². The van der Waals surface area contributed by atoms with E-state index in [2.05, 4.69) is 35.9 Å². The first-order valence-electron chi connectivity index (χ1n) is 8.19. The van der Waals surface area contributed by atoms with Crippen LogP contribution in [0.5, 0.6) is 0 Å². The summed E-state index contributed by atoms with van der Waals surface area (Å²) < 4.78 is 0. The predicted octanol–water partition coefficient (Wildman–Crippen LogP) is 1.93. The molecule has 2 saturated heterocycles. The summed E-state index contributed by atoms with van der Waals surface area (Å²) in [5.74, 6) is 0.937. The third-order valence-electron chi connectivity index (χ3n) is 5.39. The lowest BCUT2D eigenvalue weighted by Crippen LogP contribution is -2.54. The van der Waals surface area contributed by atoms with Crippen molar-refractivity contribution >= 4 is 0 Å². The van der Waals surface area contributed by atoms with Gasteiger partial charge in [-0.1, -0.05) is 0 Å². The van der Waals surface area contributed by atoms with Crippen molar-refractivity contribution in [2.45, 2.75) is 57.5 Å². The van der Waals surface area contributed by atoms with Crippen LogP contribution in [0, 0.1) is 5.92 Å². The third kappa shape index (κ3) is 3.32. The van der Waals surface area contributed by atoms with Gasteiger partial charge in [0.25, 0.3) is 0 Å². The van der Waals surface area contributed by atoms with Crippen molar-refractivity contribution < 1.29 is 0 Å². The van der Waals surface area contributed by atoms with Crippen LogP contribution in [0.2, 0.25) is 0 Å². The first-order valence-corrected chi connectivity index (χ1v) is 8.19. The van der Waals surface area contributed by atoms with E-state index in [4.69, 9.17) is 0 Å². The van der Waals surface area contributed by atoms with Crippen LogP contribution in [0.3, 0.4) is 0 Å². The Hall–Kier alpha value is -0.120. The average molecular weight is 265 g/mol. The molecule has 0 aromatic rings.